The Morgan fingerprint density at radius 3 is 2.55 bits per heavy atom. The maximum atomic E-state index is 13.8. The molecule has 0 radical (unpaired) electrons. The number of esters is 1. The quantitative estimate of drug-likeness (QED) is 0.135. The number of carbonyl (C=O) groups is 1. The fourth-order valence-corrected chi connectivity index (χ4v) is 6.39. The average Bonchev–Trinajstić information content (AvgIpc) is 3.30. The molecule has 0 aliphatic carbocycles. The molecule has 1 aliphatic rings. The standard InChI is InChI=1S/C30H23BrClN3O6S/c1-3-22-25(29(37)40-2)26(19-7-5-4-6-8-19)34-28(36)24(42-30(34)33-22)15-18-13-21(31)27(23(14-18)35(38)39)41-16-17-9-11-20(32)12-10-17/h4-15,26H,3,16H2,1-2H3/b24-15+/t26-/m1/s1. The number of hydrogen-bond donors (Lipinski definition) is 0. The van der Waals surface area contributed by atoms with E-state index >= 15 is 0 Å². The molecule has 0 unspecified atom stereocenters. The maximum Gasteiger partial charge on any atom is 0.338 e. The van der Waals surface area contributed by atoms with Gasteiger partial charge in [0.15, 0.2) is 4.80 Å². The van der Waals surface area contributed by atoms with E-state index in [1.165, 1.54) is 17.7 Å². The number of rotatable bonds is 8. The van der Waals surface area contributed by atoms with E-state index in [-0.39, 0.29) is 23.6 Å². The number of benzene rings is 3. The summed E-state index contributed by atoms with van der Waals surface area (Å²) in [5.74, 6) is -0.500. The smallest absolute Gasteiger partial charge is 0.338 e. The zero-order valence-electron chi connectivity index (χ0n) is 22.4. The van der Waals surface area contributed by atoms with Crippen LogP contribution >= 0.6 is 38.9 Å². The molecule has 0 amide bonds. The molecule has 0 bridgehead atoms. The van der Waals surface area contributed by atoms with Crippen molar-refractivity contribution in [3.63, 3.8) is 0 Å². The Morgan fingerprint density at radius 2 is 1.90 bits per heavy atom. The van der Waals surface area contributed by atoms with E-state index in [0.29, 0.717) is 42.1 Å². The number of aromatic nitrogens is 1. The third-order valence-electron chi connectivity index (χ3n) is 6.60. The lowest BCUT2D eigenvalue weighted by molar-refractivity contribution is -0.386. The third-order valence-corrected chi connectivity index (χ3v) is 8.43. The number of nitro benzene ring substituents is 1. The second-order valence-corrected chi connectivity index (χ2v) is 11.5. The summed E-state index contributed by atoms with van der Waals surface area (Å²) in [4.78, 5) is 43.3. The largest absolute Gasteiger partial charge is 0.481 e. The molecule has 2 heterocycles. The summed E-state index contributed by atoms with van der Waals surface area (Å²) >= 11 is 10.5. The normalized spacial score (nSPS) is 14.8. The van der Waals surface area contributed by atoms with Crippen molar-refractivity contribution in [3.8, 4) is 5.75 Å². The van der Waals surface area contributed by atoms with Crippen molar-refractivity contribution in [3.05, 3.63) is 134 Å². The Hall–Kier alpha value is -4.06. The van der Waals surface area contributed by atoms with Crippen molar-refractivity contribution in [2.45, 2.75) is 26.0 Å². The molecule has 1 atom stereocenters. The summed E-state index contributed by atoms with van der Waals surface area (Å²) in [7, 11) is 1.30. The molecule has 0 N–H and O–H groups in total. The number of ether oxygens (including phenoxy) is 2. The number of methoxy groups -OCH3 is 1. The first-order valence-electron chi connectivity index (χ1n) is 12.7. The van der Waals surface area contributed by atoms with Gasteiger partial charge < -0.3 is 9.47 Å². The Kier molecular flexibility index (Phi) is 8.72. The minimum Gasteiger partial charge on any atom is -0.481 e. The Bertz CT molecular complexity index is 1900. The van der Waals surface area contributed by atoms with E-state index in [9.17, 15) is 19.7 Å². The van der Waals surface area contributed by atoms with Crippen molar-refractivity contribution in [2.24, 2.45) is 4.99 Å². The van der Waals surface area contributed by atoms with Gasteiger partial charge in [0.2, 0.25) is 5.75 Å². The predicted octanol–water partition coefficient (Wildman–Crippen LogP) is 5.70. The summed E-state index contributed by atoms with van der Waals surface area (Å²) in [5, 5.41) is 12.6. The fraction of sp³-hybridized carbons (Fsp3) is 0.167. The summed E-state index contributed by atoms with van der Waals surface area (Å²) in [6.07, 6.45) is 2.02. The molecule has 4 aromatic rings. The lowest BCUT2D eigenvalue weighted by Crippen LogP contribution is -2.40. The summed E-state index contributed by atoms with van der Waals surface area (Å²) in [6.45, 7) is 1.97. The van der Waals surface area contributed by atoms with Crippen LogP contribution in [0.5, 0.6) is 5.75 Å². The number of hydrogen-bond acceptors (Lipinski definition) is 8. The van der Waals surface area contributed by atoms with Crippen LogP contribution in [0.3, 0.4) is 0 Å². The van der Waals surface area contributed by atoms with Gasteiger partial charge in [0, 0.05) is 11.1 Å². The van der Waals surface area contributed by atoms with Gasteiger partial charge in [-0.25, -0.2) is 9.79 Å². The average molecular weight is 669 g/mol. The topological polar surface area (TPSA) is 113 Å². The first-order valence-corrected chi connectivity index (χ1v) is 14.7. The lowest BCUT2D eigenvalue weighted by atomic mass is 9.95. The molecule has 1 aromatic heterocycles. The number of thiazole rings is 1. The van der Waals surface area contributed by atoms with Crippen LogP contribution in [0.4, 0.5) is 5.69 Å². The van der Waals surface area contributed by atoms with Gasteiger partial charge in [-0.05, 0) is 63.3 Å². The highest BCUT2D eigenvalue weighted by molar-refractivity contribution is 9.10. The number of halogens is 2. The van der Waals surface area contributed by atoms with Gasteiger partial charge in [-0.15, -0.1) is 0 Å². The van der Waals surface area contributed by atoms with Crippen LogP contribution in [0, 0.1) is 10.1 Å². The second-order valence-electron chi connectivity index (χ2n) is 9.22. The molecule has 0 fully saturated rings. The molecule has 3 aromatic carbocycles. The van der Waals surface area contributed by atoms with Crippen LogP contribution in [0.2, 0.25) is 5.02 Å². The molecule has 214 valence electrons. The maximum absolute atomic E-state index is 13.8. The van der Waals surface area contributed by atoms with Gasteiger partial charge in [-0.2, -0.15) is 0 Å². The van der Waals surface area contributed by atoms with Crippen LogP contribution in [0.15, 0.2) is 92.3 Å². The molecule has 0 saturated carbocycles. The third kappa shape index (κ3) is 5.80. The number of allylic oxidation sites excluding steroid dienone is 1. The van der Waals surface area contributed by atoms with E-state index in [1.807, 2.05) is 37.3 Å². The Morgan fingerprint density at radius 1 is 1.19 bits per heavy atom. The van der Waals surface area contributed by atoms with E-state index in [4.69, 9.17) is 21.1 Å². The molecule has 9 nitrogen and oxygen atoms in total. The molecule has 0 saturated heterocycles. The minimum atomic E-state index is -0.739. The van der Waals surface area contributed by atoms with Crippen molar-refractivity contribution in [1.29, 1.82) is 0 Å². The molecule has 0 spiro atoms. The highest BCUT2D eigenvalue weighted by atomic mass is 79.9. The highest BCUT2D eigenvalue weighted by Gasteiger charge is 2.33. The van der Waals surface area contributed by atoms with Crippen molar-refractivity contribution < 1.29 is 19.2 Å². The second kappa shape index (κ2) is 12.4. The molecule has 1 aliphatic heterocycles. The number of nitro groups is 1. The van der Waals surface area contributed by atoms with Gasteiger partial charge >= 0.3 is 11.7 Å². The van der Waals surface area contributed by atoms with E-state index < -0.39 is 16.9 Å². The van der Waals surface area contributed by atoms with E-state index in [0.717, 1.165) is 22.5 Å². The van der Waals surface area contributed by atoms with Crippen LogP contribution in [-0.2, 0) is 16.1 Å². The van der Waals surface area contributed by atoms with Crippen molar-refractivity contribution in [1.82, 2.24) is 4.57 Å². The van der Waals surface area contributed by atoms with Crippen LogP contribution in [0.25, 0.3) is 6.08 Å². The van der Waals surface area contributed by atoms with Gasteiger partial charge in [0.1, 0.15) is 6.61 Å². The van der Waals surface area contributed by atoms with Crippen LogP contribution in [0.1, 0.15) is 36.1 Å². The monoisotopic (exact) mass is 667 g/mol. The summed E-state index contributed by atoms with van der Waals surface area (Å²) < 4.78 is 13.0. The fourth-order valence-electron chi connectivity index (χ4n) is 4.66. The van der Waals surface area contributed by atoms with E-state index in [2.05, 4.69) is 20.9 Å². The number of fused-ring (bicyclic) bond motifs is 1. The molecule has 5 rings (SSSR count). The molecular formula is C30H23BrClN3O6S. The first-order chi connectivity index (χ1) is 20.2. The van der Waals surface area contributed by atoms with Gasteiger partial charge in [-0.1, -0.05) is 72.3 Å². The highest BCUT2D eigenvalue weighted by Crippen LogP contribution is 2.37. The SMILES string of the molecule is CCC1=C(C(=O)OC)[C@@H](c2ccccc2)n2c(s/c(=C/c3cc(Br)c(OCc4ccc(Cl)cc4)c([N+](=O)[O-])c3)c2=O)=N1. The minimum absolute atomic E-state index is 0.0629. The molecular weight excluding hydrogens is 646 g/mol. The van der Waals surface area contributed by atoms with Crippen LogP contribution in [-0.4, -0.2) is 22.6 Å². The number of nitrogens with zero attached hydrogens (tertiary/aromatic N) is 3. The van der Waals surface area contributed by atoms with Gasteiger partial charge in [-0.3, -0.25) is 19.5 Å². The predicted molar refractivity (Wildman–Crippen MR) is 163 cm³/mol. The van der Waals surface area contributed by atoms with Gasteiger partial charge in [0.25, 0.3) is 5.56 Å². The Balaban J connectivity index is 1.61. The first kappa shape index (κ1) is 29.4. The van der Waals surface area contributed by atoms with Crippen molar-refractivity contribution in [2.75, 3.05) is 7.11 Å². The Labute approximate surface area is 257 Å². The molecule has 12 heteroatoms. The number of carbonyl (C=O) groups excluding carboxylic acids is 1. The van der Waals surface area contributed by atoms with Gasteiger partial charge in [0.05, 0.1) is 38.4 Å². The van der Waals surface area contributed by atoms with Crippen LogP contribution < -0.4 is 19.6 Å². The zero-order valence-corrected chi connectivity index (χ0v) is 25.5. The summed E-state index contributed by atoms with van der Waals surface area (Å²) in [5.41, 5.74) is 2.11. The zero-order chi connectivity index (χ0) is 30.0. The lowest BCUT2D eigenvalue weighted by Gasteiger charge is -2.25. The molecule has 42 heavy (non-hydrogen) atoms. The van der Waals surface area contributed by atoms with E-state index in [1.54, 1.807) is 36.4 Å². The summed E-state index contributed by atoms with van der Waals surface area (Å²) in [6, 6.07) is 18.4. The van der Waals surface area contributed by atoms with Crippen molar-refractivity contribution >= 4 is 56.6 Å².